The van der Waals surface area contributed by atoms with E-state index in [1.165, 1.54) is 5.56 Å². The Balaban J connectivity index is -0.000000180. The molecule has 0 heterocycles. The molecule has 0 fully saturated rings. The molecule has 14 heavy (non-hydrogen) atoms. The molecule has 0 unspecified atom stereocenters. The first-order chi connectivity index (χ1) is 5.66. The van der Waals surface area contributed by atoms with Gasteiger partial charge in [0, 0.05) is 0 Å². The minimum Gasteiger partial charge on any atom is -0.598 e. The molecule has 0 aliphatic carbocycles. The van der Waals surface area contributed by atoms with E-state index in [0.717, 1.165) is 0 Å². The van der Waals surface area contributed by atoms with Gasteiger partial charge < -0.3 is 9.79 Å². The molecule has 6 heteroatoms. The van der Waals surface area contributed by atoms with Crippen LogP contribution in [0, 0.1) is 0 Å². The standard InChI is InChI=1S/C8H8.2Na.HO3P/c1-2-8-6-4-3-5-7-8;;;1-4(2)3/h2-7H,1H2;;;(H,1,2,3)/q;2*+1;/p-1. The van der Waals surface area contributed by atoms with Crippen molar-refractivity contribution in [1.82, 2.24) is 0 Å². The summed E-state index contributed by atoms with van der Waals surface area (Å²) in [7, 11) is -3.37. The van der Waals surface area contributed by atoms with Crippen LogP contribution in [0.1, 0.15) is 5.56 Å². The van der Waals surface area contributed by atoms with Gasteiger partial charge in [-0.15, -0.1) is 0 Å². The summed E-state index contributed by atoms with van der Waals surface area (Å²) < 4.78 is 8.48. The van der Waals surface area contributed by atoms with Crippen LogP contribution in [0.3, 0.4) is 0 Å². The number of benzene rings is 1. The van der Waals surface area contributed by atoms with E-state index in [9.17, 15) is 0 Å². The smallest absolute Gasteiger partial charge is 0.598 e. The Hall–Kier alpha value is 0.980. The van der Waals surface area contributed by atoms with Crippen LogP contribution in [-0.4, -0.2) is 0 Å². The molecule has 0 aromatic heterocycles. The normalized spacial score (nSPS) is 6.71. The van der Waals surface area contributed by atoms with E-state index in [-0.39, 0.29) is 59.1 Å². The minimum atomic E-state index is -3.37. The molecule has 64 valence electrons. The van der Waals surface area contributed by atoms with Crippen molar-refractivity contribution in [3.63, 3.8) is 0 Å². The third-order valence-corrected chi connectivity index (χ3v) is 1.04. The average Bonchev–Trinajstić information content (AvgIpc) is 2.05. The molecule has 1 aromatic rings. The number of hydrogen-bond acceptors (Lipinski definition) is 3. The summed E-state index contributed by atoms with van der Waals surface area (Å²) in [5.74, 6) is 0. The van der Waals surface area contributed by atoms with Gasteiger partial charge >= 0.3 is 59.1 Å². The van der Waals surface area contributed by atoms with E-state index in [0.29, 0.717) is 0 Å². The Bertz CT molecular complexity index is 250. The molecule has 0 aliphatic heterocycles. The van der Waals surface area contributed by atoms with Crippen LogP contribution < -0.4 is 68.9 Å². The largest absolute Gasteiger partial charge is 1.00 e. The summed E-state index contributed by atoms with van der Waals surface area (Å²) in [5.41, 5.74) is 1.17. The molecule has 0 atom stereocenters. The predicted molar refractivity (Wildman–Crippen MR) is 44.1 cm³/mol. The van der Waals surface area contributed by atoms with Crippen LogP contribution in [-0.2, 0) is 4.57 Å². The summed E-state index contributed by atoms with van der Waals surface area (Å²) >= 11 is 0. The number of rotatable bonds is 1. The van der Waals surface area contributed by atoms with Crippen molar-refractivity contribution in [1.29, 1.82) is 0 Å². The monoisotopic (exact) mass is 229 g/mol. The molecule has 3 nitrogen and oxygen atoms in total. The number of hydrogen-bond donors (Lipinski definition) is 0. The van der Waals surface area contributed by atoms with Crippen molar-refractivity contribution < 1.29 is 73.5 Å². The van der Waals surface area contributed by atoms with Gasteiger partial charge in [0.1, 0.15) is 0 Å². The van der Waals surface area contributed by atoms with Gasteiger partial charge in [-0.2, -0.15) is 0 Å². The molecule has 0 bridgehead atoms. The van der Waals surface area contributed by atoms with E-state index in [2.05, 4.69) is 6.58 Å². The molecule has 0 N–H and O–H groups in total. The zero-order valence-electron chi connectivity index (χ0n) is 8.34. The molecule has 0 saturated carbocycles. The summed E-state index contributed by atoms with van der Waals surface area (Å²) in [6.45, 7) is 3.63. The Kier molecular flexibility index (Phi) is 20.4. The van der Waals surface area contributed by atoms with E-state index in [4.69, 9.17) is 14.4 Å². The topological polar surface area (TPSA) is 63.2 Å². The van der Waals surface area contributed by atoms with E-state index < -0.39 is 8.25 Å². The Labute approximate surface area is 129 Å². The van der Waals surface area contributed by atoms with Gasteiger partial charge in [-0.05, 0) is 5.56 Å². The Morgan fingerprint density at radius 3 is 1.71 bits per heavy atom. The Morgan fingerprint density at radius 1 is 1.14 bits per heavy atom. The van der Waals surface area contributed by atoms with Gasteiger partial charge in [0.15, 0.2) is 0 Å². The van der Waals surface area contributed by atoms with Crippen LogP contribution in [0.4, 0.5) is 0 Å². The second-order valence-corrected chi connectivity index (χ2v) is 2.29. The third-order valence-electron chi connectivity index (χ3n) is 1.04. The third kappa shape index (κ3) is 15.5. The fourth-order valence-corrected chi connectivity index (χ4v) is 0.589. The summed E-state index contributed by atoms with van der Waals surface area (Å²) in [6, 6.07) is 10.0. The second-order valence-electron chi connectivity index (χ2n) is 1.84. The van der Waals surface area contributed by atoms with Gasteiger partial charge in [-0.25, -0.2) is 0 Å². The summed E-state index contributed by atoms with van der Waals surface area (Å²) in [5, 5.41) is 0. The van der Waals surface area contributed by atoms with Gasteiger partial charge in [0.05, 0.1) is 0 Å². The molecule has 0 radical (unpaired) electrons. The Morgan fingerprint density at radius 2 is 1.50 bits per heavy atom. The van der Waals surface area contributed by atoms with E-state index in [1.807, 2.05) is 36.4 Å². The van der Waals surface area contributed by atoms with Crippen LogP contribution in [0.2, 0.25) is 0 Å². The van der Waals surface area contributed by atoms with Crippen molar-refractivity contribution in [3.05, 3.63) is 42.5 Å². The molecule has 1 aromatic carbocycles. The SMILES string of the molecule is C=Cc1ccccc1.O=[P+]([O-])[O-].[Na+].[Na+]. The first kappa shape index (κ1) is 20.4. The average molecular weight is 229 g/mol. The van der Waals surface area contributed by atoms with Gasteiger partial charge in [0.25, 0.3) is 8.25 Å². The van der Waals surface area contributed by atoms with Crippen LogP contribution in [0.15, 0.2) is 36.9 Å². The van der Waals surface area contributed by atoms with Gasteiger partial charge in [-0.3, -0.25) is 0 Å². The maximum absolute atomic E-state index is 8.48. The fraction of sp³-hybridized carbons (Fsp3) is 0. The van der Waals surface area contributed by atoms with Crippen LogP contribution >= 0.6 is 8.25 Å². The van der Waals surface area contributed by atoms with Crippen molar-refractivity contribution in [2.75, 3.05) is 0 Å². The van der Waals surface area contributed by atoms with Crippen molar-refractivity contribution in [2.24, 2.45) is 0 Å². The predicted octanol–water partition coefficient (Wildman–Crippen LogP) is -5.30. The van der Waals surface area contributed by atoms with Crippen LogP contribution in [0.25, 0.3) is 6.08 Å². The van der Waals surface area contributed by atoms with Crippen molar-refractivity contribution in [3.8, 4) is 0 Å². The second kappa shape index (κ2) is 14.0. The molecule has 0 spiro atoms. The first-order valence-electron chi connectivity index (χ1n) is 3.16. The fourth-order valence-electron chi connectivity index (χ4n) is 0.589. The maximum Gasteiger partial charge on any atom is 1.00 e. The molecule has 1 rings (SSSR count). The maximum atomic E-state index is 8.48. The van der Waals surface area contributed by atoms with Crippen LogP contribution in [0.5, 0.6) is 0 Å². The molecule has 0 amide bonds. The molecular formula is C8H8Na2O3P+. The zero-order valence-corrected chi connectivity index (χ0v) is 13.2. The molecule has 0 saturated heterocycles. The van der Waals surface area contributed by atoms with Crippen molar-refractivity contribution >= 4 is 14.3 Å². The van der Waals surface area contributed by atoms with Crippen molar-refractivity contribution in [2.45, 2.75) is 0 Å². The molecular weight excluding hydrogens is 221 g/mol. The minimum absolute atomic E-state index is 0. The van der Waals surface area contributed by atoms with Gasteiger partial charge in [0.2, 0.25) is 0 Å². The van der Waals surface area contributed by atoms with E-state index >= 15 is 0 Å². The van der Waals surface area contributed by atoms with E-state index in [1.54, 1.807) is 0 Å². The first-order valence-corrected chi connectivity index (χ1v) is 4.25. The zero-order chi connectivity index (χ0) is 9.40. The van der Waals surface area contributed by atoms with Gasteiger partial charge in [-0.1, -0.05) is 47.6 Å². The molecule has 0 aliphatic rings. The quantitative estimate of drug-likeness (QED) is 0.357. The summed E-state index contributed by atoms with van der Waals surface area (Å²) in [4.78, 5) is 17.0. The summed E-state index contributed by atoms with van der Waals surface area (Å²) in [6.07, 6.45) is 1.83.